The van der Waals surface area contributed by atoms with Gasteiger partial charge in [-0.1, -0.05) is 25.1 Å². The zero-order valence-electron chi connectivity index (χ0n) is 17.3. The van der Waals surface area contributed by atoms with E-state index in [1.165, 1.54) is 5.57 Å². The monoisotopic (exact) mass is 408 g/mol. The number of rotatable bonds is 4. The Kier molecular flexibility index (Phi) is 5.63. The maximum absolute atomic E-state index is 13.2. The van der Waals surface area contributed by atoms with Crippen LogP contribution in [0.2, 0.25) is 0 Å². The molecule has 158 valence electrons. The van der Waals surface area contributed by atoms with E-state index < -0.39 is 17.9 Å². The zero-order chi connectivity index (χ0) is 21.3. The van der Waals surface area contributed by atoms with Crippen molar-refractivity contribution in [3.05, 3.63) is 41.0 Å². The molecule has 1 aliphatic carbocycles. The second-order valence-corrected chi connectivity index (χ2v) is 8.75. The third-order valence-corrected chi connectivity index (χ3v) is 6.92. The van der Waals surface area contributed by atoms with Crippen molar-refractivity contribution in [3.63, 3.8) is 0 Å². The molecule has 4 rings (SSSR count). The topological polar surface area (TPSA) is 105 Å². The summed E-state index contributed by atoms with van der Waals surface area (Å²) in [5.41, 5.74) is 5.89. The maximum Gasteiger partial charge on any atom is 0.248 e. The van der Waals surface area contributed by atoms with Gasteiger partial charge in [0.05, 0.1) is 23.6 Å². The number of nitriles is 1. The highest BCUT2D eigenvalue weighted by Crippen LogP contribution is 2.52. The molecule has 0 bridgehead atoms. The molecular weight excluding hydrogens is 380 g/mol. The van der Waals surface area contributed by atoms with Gasteiger partial charge in [0.15, 0.2) is 0 Å². The van der Waals surface area contributed by atoms with Crippen molar-refractivity contribution in [3.8, 4) is 6.07 Å². The van der Waals surface area contributed by atoms with Crippen LogP contribution in [0.25, 0.3) is 5.57 Å². The van der Waals surface area contributed by atoms with Crippen LogP contribution >= 0.6 is 0 Å². The maximum atomic E-state index is 13.2. The Labute approximate surface area is 176 Å². The van der Waals surface area contributed by atoms with Crippen molar-refractivity contribution < 1.29 is 14.8 Å². The smallest absolute Gasteiger partial charge is 0.248 e. The van der Waals surface area contributed by atoms with E-state index in [4.69, 9.17) is 5.21 Å². The molecule has 2 unspecified atom stereocenters. The number of hydrogen-bond acceptors (Lipinski definition) is 5. The molecule has 30 heavy (non-hydrogen) atoms. The number of hydroxylamine groups is 1. The first-order valence-electron chi connectivity index (χ1n) is 10.7. The summed E-state index contributed by atoms with van der Waals surface area (Å²) < 4.78 is 0. The number of aryl methyl sites for hydroxylation is 1. The lowest BCUT2D eigenvalue weighted by Crippen LogP contribution is -2.59. The fraction of sp³-hybridized carbons (Fsp3) is 0.522. The summed E-state index contributed by atoms with van der Waals surface area (Å²) >= 11 is 0. The van der Waals surface area contributed by atoms with Crippen LogP contribution in [-0.4, -0.2) is 47.6 Å². The van der Waals surface area contributed by atoms with Crippen molar-refractivity contribution in [2.24, 2.45) is 11.3 Å². The Hall–Kier alpha value is -2.69. The van der Waals surface area contributed by atoms with Crippen LogP contribution in [0.15, 0.2) is 24.3 Å². The van der Waals surface area contributed by atoms with Gasteiger partial charge in [0.2, 0.25) is 11.8 Å². The average Bonchev–Trinajstić information content (AvgIpc) is 3.56. The van der Waals surface area contributed by atoms with Crippen LogP contribution in [0.1, 0.15) is 49.3 Å². The largest absolute Gasteiger partial charge is 0.337 e. The molecular formula is C23H28N4O3. The Morgan fingerprint density at radius 1 is 1.40 bits per heavy atom. The minimum atomic E-state index is -0.597. The van der Waals surface area contributed by atoms with Crippen LogP contribution < -0.4 is 10.8 Å². The highest BCUT2D eigenvalue weighted by atomic mass is 16.5. The lowest BCUT2D eigenvalue weighted by atomic mass is 9.81. The lowest BCUT2D eigenvalue weighted by molar-refractivity contribution is -0.144. The van der Waals surface area contributed by atoms with E-state index in [1.54, 1.807) is 10.4 Å². The molecule has 3 N–H and O–H groups in total. The molecule has 1 spiro atoms. The molecule has 2 atom stereocenters. The van der Waals surface area contributed by atoms with Crippen LogP contribution in [0.4, 0.5) is 0 Å². The van der Waals surface area contributed by atoms with Gasteiger partial charge in [-0.25, -0.2) is 5.48 Å². The molecule has 2 aliphatic heterocycles. The van der Waals surface area contributed by atoms with E-state index >= 15 is 0 Å². The molecule has 7 heteroatoms. The summed E-state index contributed by atoms with van der Waals surface area (Å²) in [5.74, 6) is -1.11. The standard InChI is InChI=1S/C23H28N4O3/c1-2-15-11-17(3-4-18(15)13-24)16-5-9-27(10-6-16)22(29)20-19(21(28)26-30)12-23(7-8-23)14-25-20/h3-5,11,19-20,25,30H,2,6-10,12,14H2,1H3,(H,26,28). The molecule has 2 heterocycles. The normalized spacial score (nSPS) is 24.7. The second-order valence-electron chi connectivity index (χ2n) is 8.75. The number of hydrogen-bond donors (Lipinski definition) is 3. The molecule has 3 aliphatic rings. The summed E-state index contributed by atoms with van der Waals surface area (Å²) in [4.78, 5) is 27.2. The first-order valence-corrected chi connectivity index (χ1v) is 10.7. The molecule has 1 aromatic rings. The van der Waals surface area contributed by atoms with Gasteiger partial charge in [-0.05, 0) is 60.3 Å². The Bertz CT molecular complexity index is 929. The lowest BCUT2D eigenvalue weighted by Gasteiger charge is -2.38. The number of nitrogens with zero attached hydrogens (tertiary/aromatic N) is 2. The average molecular weight is 409 g/mol. The Morgan fingerprint density at radius 2 is 2.20 bits per heavy atom. The summed E-state index contributed by atoms with van der Waals surface area (Å²) in [7, 11) is 0. The van der Waals surface area contributed by atoms with Gasteiger partial charge >= 0.3 is 0 Å². The summed E-state index contributed by atoms with van der Waals surface area (Å²) in [6.45, 7) is 3.87. The van der Waals surface area contributed by atoms with E-state index in [1.807, 2.05) is 19.1 Å². The first-order chi connectivity index (χ1) is 14.5. The van der Waals surface area contributed by atoms with Crippen molar-refractivity contribution in [1.82, 2.24) is 15.7 Å². The van der Waals surface area contributed by atoms with Crippen molar-refractivity contribution in [2.75, 3.05) is 19.6 Å². The predicted octanol–water partition coefficient (Wildman–Crippen LogP) is 2.00. The molecule has 2 fully saturated rings. The molecule has 1 saturated heterocycles. The van der Waals surface area contributed by atoms with E-state index in [-0.39, 0.29) is 11.3 Å². The van der Waals surface area contributed by atoms with Crippen molar-refractivity contribution in [1.29, 1.82) is 5.26 Å². The van der Waals surface area contributed by atoms with Gasteiger partial charge in [0.1, 0.15) is 0 Å². The first kappa shape index (κ1) is 20.6. The van der Waals surface area contributed by atoms with Crippen LogP contribution in [0, 0.1) is 22.7 Å². The van der Waals surface area contributed by atoms with Gasteiger partial charge in [-0.15, -0.1) is 0 Å². The molecule has 1 aromatic carbocycles. The van der Waals surface area contributed by atoms with E-state index in [2.05, 4.69) is 23.5 Å². The zero-order valence-corrected chi connectivity index (χ0v) is 17.3. The van der Waals surface area contributed by atoms with Gasteiger partial charge in [-0.2, -0.15) is 5.26 Å². The Balaban J connectivity index is 1.46. The quantitative estimate of drug-likeness (QED) is 0.522. The van der Waals surface area contributed by atoms with E-state index in [0.717, 1.165) is 43.4 Å². The van der Waals surface area contributed by atoms with Crippen LogP contribution in [-0.2, 0) is 16.0 Å². The van der Waals surface area contributed by atoms with Gasteiger partial charge in [0.25, 0.3) is 0 Å². The highest BCUT2D eigenvalue weighted by Gasteiger charge is 2.52. The van der Waals surface area contributed by atoms with E-state index in [0.29, 0.717) is 25.1 Å². The third kappa shape index (κ3) is 3.85. The second kappa shape index (κ2) is 8.21. The number of carbonyl (C=O) groups is 2. The highest BCUT2D eigenvalue weighted by molar-refractivity contribution is 5.90. The molecule has 0 radical (unpaired) electrons. The Morgan fingerprint density at radius 3 is 2.80 bits per heavy atom. The van der Waals surface area contributed by atoms with E-state index in [9.17, 15) is 14.9 Å². The SMILES string of the molecule is CCc1cc(C2=CCN(C(=O)C3NCC4(CC4)CC3C(=O)NO)CC2)ccc1C#N. The minimum Gasteiger partial charge on any atom is -0.337 e. The molecule has 1 saturated carbocycles. The van der Waals surface area contributed by atoms with Gasteiger partial charge in [0, 0.05) is 19.6 Å². The fourth-order valence-electron chi connectivity index (χ4n) is 4.79. The molecule has 0 aromatic heterocycles. The van der Waals surface area contributed by atoms with Gasteiger partial charge < -0.3 is 10.2 Å². The number of nitrogens with one attached hydrogen (secondary N) is 2. The number of benzene rings is 1. The molecule has 2 amide bonds. The van der Waals surface area contributed by atoms with Crippen molar-refractivity contribution >= 4 is 17.4 Å². The summed E-state index contributed by atoms with van der Waals surface area (Å²) in [6, 6.07) is 7.54. The summed E-state index contributed by atoms with van der Waals surface area (Å²) in [6.07, 6.45) is 6.37. The van der Waals surface area contributed by atoms with Crippen LogP contribution in [0.3, 0.4) is 0 Å². The summed E-state index contributed by atoms with van der Waals surface area (Å²) in [5, 5.41) is 21.7. The minimum absolute atomic E-state index is 0.0801. The fourth-order valence-corrected chi connectivity index (χ4v) is 4.79. The number of piperidine rings is 1. The molecule has 7 nitrogen and oxygen atoms in total. The predicted molar refractivity (Wildman–Crippen MR) is 111 cm³/mol. The van der Waals surface area contributed by atoms with Gasteiger partial charge in [-0.3, -0.25) is 14.8 Å². The van der Waals surface area contributed by atoms with Crippen LogP contribution in [0.5, 0.6) is 0 Å². The third-order valence-electron chi connectivity index (χ3n) is 6.92. The number of amides is 2. The number of carbonyl (C=O) groups excluding carboxylic acids is 2. The van der Waals surface area contributed by atoms with Crippen molar-refractivity contribution in [2.45, 2.75) is 45.1 Å².